The number of carbonyl (C=O) groups is 2. The molecule has 0 fully saturated rings. The van der Waals surface area contributed by atoms with E-state index in [1.165, 1.54) is 0 Å². The molecule has 6 nitrogen and oxygen atoms in total. The van der Waals surface area contributed by atoms with Crippen molar-refractivity contribution in [3.05, 3.63) is 53.1 Å². The van der Waals surface area contributed by atoms with E-state index >= 15 is 0 Å². The van der Waals surface area contributed by atoms with E-state index in [1.54, 1.807) is 24.3 Å². The number of carbonyl (C=O) groups excluding carboxylic acids is 2. The monoisotopic (exact) mass is 354 g/mol. The Balaban J connectivity index is 1.56. The molecule has 0 atom stereocenters. The second kappa shape index (κ2) is 7.91. The van der Waals surface area contributed by atoms with Gasteiger partial charge in [-0.2, -0.15) is 0 Å². The third kappa shape index (κ3) is 4.33. The molecule has 0 bridgehead atoms. The minimum absolute atomic E-state index is 0.111. The van der Waals surface area contributed by atoms with Gasteiger partial charge in [0.1, 0.15) is 0 Å². The fraction of sp³-hybridized carbons (Fsp3) is 0.300. The summed E-state index contributed by atoms with van der Waals surface area (Å²) in [6, 6.07) is 10.7. The first-order valence-corrected chi connectivity index (χ1v) is 8.58. The van der Waals surface area contributed by atoms with E-state index < -0.39 is 0 Å². The van der Waals surface area contributed by atoms with Crippen LogP contribution in [-0.4, -0.2) is 31.6 Å². The predicted molar refractivity (Wildman–Crippen MR) is 98.9 cm³/mol. The van der Waals surface area contributed by atoms with Crippen LogP contribution in [0.2, 0.25) is 0 Å². The molecule has 1 aliphatic rings. The van der Waals surface area contributed by atoms with Gasteiger partial charge in [-0.3, -0.25) is 9.59 Å². The summed E-state index contributed by atoms with van der Waals surface area (Å²) in [6.07, 6.45) is 0.820. The van der Waals surface area contributed by atoms with Crippen molar-refractivity contribution < 1.29 is 19.1 Å². The number of anilines is 1. The van der Waals surface area contributed by atoms with Crippen LogP contribution in [0.5, 0.6) is 11.5 Å². The molecule has 2 amide bonds. The maximum Gasteiger partial charge on any atom is 0.251 e. The molecule has 1 heterocycles. The Morgan fingerprint density at radius 3 is 2.50 bits per heavy atom. The minimum Gasteiger partial charge on any atom is -0.490 e. The summed E-state index contributed by atoms with van der Waals surface area (Å²) in [6.45, 7) is 5.02. The Hall–Kier alpha value is -3.02. The molecular weight excluding hydrogens is 332 g/mol. The lowest BCUT2D eigenvalue weighted by Gasteiger charge is -2.11. The van der Waals surface area contributed by atoms with Gasteiger partial charge in [0.25, 0.3) is 5.91 Å². The lowest BCUT2D eigenvalue weighted by molar-refractivity contribution is -0.115. The highest BCUT2D eigenvalue weighted by atomic mass is 16.5. The van der Waals surface area contributed by atoms with Crippen LogP contribution >= 0.6 is 0 Å². The molecule has 0 unspecified atom stereocenters. The number of rotatable bonds is 4. The van der Waals surface area contributed by atoms with Gasteiger partial charge >= 0.3 is 0 Å². The molecule has 1 aliphatic heterocycles. The van der Waals surface area contributed by atoms with Crippen LogP contribution in [0.4, 0.5) is 5.69 Å². The molecule has 0 aromatic heterocycles. The molecule has 0 saturated heterocycles. The Kier molecular flexibility index (Phi) is 5.41. The van der Waals surface area contributed by atoms with E-state index in [-0.39, 0.29) is 18.4 Å². The van der Waals surface area contributed by atoms with Crippen LogP contribution in [0, 0.1) is 13.8 Å². The summed E-state index contributed by atoms with van der Waals surface area (Å²) in [4.78, 5) is 24.3. The summed E-state index contributed by atoms with van der Waals surface area (Å²) < 4.78 is 11.2. The lowest BCUT2D eigenvalue weighted by atomic mass is 10.1. The van der Waals surface area contributed by atoms with Crippen LogP contribution in [-0.2, 0) is 4.79 Å². The molecule has 2 N–H and O–H groups in total. The average molecular weight is 354 g/mol. The molecule has 136 valence electrons. The van der Waals surface area contributed by atoms with Crippen LogP contribution in [0.25, 0.3) is 0 Å². The third-order valence-corrected chi connectivity index (χ3v) is 4.21. The highest BCUT2D eigenvalue weighted by molar-refractivity contribution is 5.99. The van der Waals surface area contributed by atoms with Crippen LogP contribution in [0.1, 0.15) is 27.9 Å². The van der Waals surface area contributed by atoms with E-state index in [9.17, 15) is 9.59 Å². The number of benzene rings is 2. The standard InChI is InChI=1S/C20H22N2O4/c1-13-4-5-15(10-14(13)2)20(24)21-12-19(23)22-16-6-7-17-18(11-16)26-9-3-8-25-17/h4-7,10-11H,3,8-9,12H2,1-2H3,(H,21,24)(H,22,23). The Morgan fingerprint density at radius 2 is 1.73 bits per heavy atom. The van der Waals surface area contributed by atoms with E-state index in [0.29, 0.717) is 36.0 Å². The third-order valence-electron chi connectivity index (χ3n) is 4.21. The summed E-state index contributed by atoms with van der Waals surface area (Å²) >= 11 is 0. The first kappa shape index (κ1) is 17.8. The second-order valence-corrected chi connectivity index (χ2v) is 6.24. The Labute approximate surface area is 152 Å². The zero-order valence-electron chi connectivity index (χ0n) is 14.9. The molecule has 0 aliphatic carbocycles. The number of hydrogen-bond donors (Lipinski definition) is 2. The average Bonchev–Trinajstić information content (AvgIpc) is 2.87. The molecule has 2 aromatic rings. The van der Waals surface area contributed by atoms with Crippen LogP contribution < -0.4 is 20.1 Å². The number of nitrogens with one attached hydrogen (secondary N) is 2. The van der Waals surface area contributed by atoms with Gasteiger partial charge in [-0.1, -0.05) is 6.07 Å². The normalized spacial score (nSPS) is 12.8. The van der Waals surface area contributed by atoms with Crippen molar-refractivity contribution in [2.24, 2.45) is 0 Å². The Morgan fingerprint density at radius 1 is 0.962 bits per heavy atom. The summed E-state index contributed by atoms with van der Waals surface area (Å²) in [7, 11) is 0. The van der Waals surface area contributed by atoms with Gasteiger partial charge in [0.15, 0.2) is 11.5 Å². The first-order valence-electron chi connectivity index (χ1n) is 8.58. The lowest BCUT2D eigenvalue weighted by Crippen LogP contribution is -2.32. The zero-order chi connectivity index (χ0) is 18.5. The van der Waals surface area contributed by atoms with E-state index in [1.807, 2.05) is 26.0 Å². The first-order chi connectivity index (χ1) is 12.5. The number of ether oxygens (including phenoxy) is 2. The molecule has 2 aromatic carbocycles. The van der Waals surface area contributed by atoms with Crippen molar-refractivity contribution >= 4 is 17.5 Å². The van der Waals surface area contributed by atoms with Crippen LogP contribution in [0.15, 0.2) is 36.4 Å². The van der Waals surface area contributed by atoms with Gasteiger partial charge in [0, 0.05) is 23.7 Å². The second-order valence-electron chi connectivity index (χ2n) is 6.24. The fourth-order valence-electron chi connectivity index (χ4n) is 2.59. The number of hydrogen-bond acceptors (Lipinski definition) is 4. The van der Waals surface area contributed by atoms with Crippen molar-refractivity contribution in [3.8, 4) is 11.5 Å². The van der Waals surface area contributed by atoms with Gasteiger partial charge < -0.3 is 20.1 Å². The molecule has 0 spiro atoms. The molecule has 0 radical (unpaired) electrons. The van der Waals surface area contributed by atoms with Crippen molar-refractivity contribution in [3.63, 3.8) is 0 Å². The number of aryl methyl sites for hydroxylation is 2. The van der Waals surface area contributed by atoms with Crippen molar-refractivity contribution in [1.82, 2.24) is 5.32 Å². The SMILES string of the molecule is Cc1ccc(C(=O)NCC(=O)Nc2ccc3c(c2)OCCCO3)cc1C. The maximum absolute atomic E-state index is 12.2. The fourth-order valence-corrected chi connectivity index (χ4v) is 2.59. The van der Waals surface area contributed by atoms with Crippen LogP contribution in [0.3, 0.4) is 0 Å². The number of amides is 2. The summed E-state index contributed by atoms with van der Waals surface area (Å²) in [5.74, 6) is 0.696. The summed E-state index contributed by atoms with van der Waals surface area (Å²) in [5.41, 5.74) is 3.29. The Bertz CT molecular complexity index is 833. The molecule has 3 rings (SSSR count). The van der Waals surface area contributed by atoms with Gasteiger partial charge in [-0.05, 0) is 49.2 Å². The van der Waals surface area contributed by atoms with Gasteiger partial charge in [0.05, 0.1) is 19.8 Å². The van der Waals surface area contributed by atoms with Crippen molar-refractivity contribution in [2.75, 3.05) is 25.1 Å². The zero-order valence-corrected chi connectivity index (χ0v) is 14.9. The predicted octanol–water partition coefficient (Wildman–Crippen LogP) is 2.83. The molecular formula is C20H22N2O4. The quantitative estimate of drug-likeness (QED) is 0.885. The molecule has 0 saturated carbocycles. The van der Waals surface area contributed by atoms with Gasteiger partial charge in [0.2, 0.25) is 5.91 Å². The maximum atomic E-state index is 12.2. The molecule has 26 heavy (non-hydrogen) atoms. The summed E-state index contributed by atoms with van der Waals surface area (Å²) in [5, 5.41) is 5.38. The largest absolute Gasteiger partial charge is 0.490 e. The van der Waals surface area contributed by atoms with E-state index in [4.69, 9.17) is 9.47 Å². The molecule has 6 heteroatoms. The van der Waals surface area contributed by atoms with Crippen molar-refractivity contribution in [1.29, 1.82) is 0 Å². The van der Waals surface area contributed by atoms with E-state index in [0.717, 1.165) is 17.5 Å². The smallest absolute Gasteiger partial charge is 0.251 e. The van der Waals surface area contributed by atoms with Crippen molar-refractivity contribution in [2.45, 2.75) is 20.3 Å². The topological polar surface area (TPSA) is 76.7 Å². The number of fused-ring (bicyclic) bond motifs is 1. The highest BCUT2D eigenvalue weighted by Gasteiger charge is 2.13. The minimum atomic E-state index is -0.309. The van der Waals surface area contributed by atoms with Gasteiger partial charge in [-0.15, -0.1) is 0 Å². The highest BCUT2D eigenvalue weighted by Crippen LogP contribution is 2.32. The van der Waals surface area contributed by atoms with E-state index in [2.05, 4.69) is 10.6 Å². The van der Waals surface area contributed by atoms with Gasteiger partial charge in [-0.25, -0.2) is 0 Å².